The van der Waals surface area contributed by atoms with Gasteiger partial charge in [0.1, 0.15) is 22.3 Å². The average molecular weight is 744 g/mol. The smallest absolute Gasteiger partial charge is 0.267 e. The number of nitrogens with zero attached hydrogens (tertiary/aromatic N) is 6. The summed E-state index contributed by atoms with van der Waals surface area (Å²) in [6.07, 6.45) is 1.54. The Morgan fingerprint density at radius 3 is 2.53 bits per heavy atom. The van der Waals surface area contributed by atoms with Crippen LogP contribution in [0.3, 0.4) is 0 Å². The van der Waals surface area contributed by atoms with E-state index in [9.17, 15) is 4.79 Å². The summed E-state index contributed by atoms with van der Waals surface area (Å²) >= 11 is 7.52. The summed E-state index contributed by atoms with van der Waals surface area (Å²) in [5.41, 5.74) is 7.50. The summed E-state index contributed by atoms with van der Waals surface area (Å²) in [5.74, 6) is 8.04. The number of hydrazine groups is 1. The number of anilines is 4. The van der Waals surface area contributed by atoms with Gasteiger partial charge in [0.05, 0.1) is 55.6 Å². The molecule has 51 heavy (non-hydrogen) atoms. The van der Waals surface area contributed by atoms with Crippen molar-refractivity contribution in [2.75, 3.05) is 94.3 Å². The van der Waals surface area contributed by atoms with Crippen LogP contribution in [0.1, 0.15) is 48.8 Å². The predicted octanol–water partition coefficient (Wildman–Crippen LogP) is 4.56. The van der Waals surface area contributed by atoms with E-state index in [1.54, 1.807) is 11.1 Å². The van der Waals surface area contributed by atoms with Gasteiger partial charge in [0, 0.05) is 56.2 Å². The predicted molar refractivity (Wildman–Crippen MR) is 207 cm³/mol. The van der Waals surface area contributed by atoms with Crippen molar-refractivity contribution in [2.45, 2.75) is 41.5 Å². The van der Waals surface area contributed by atoms with Crippen molar-refractivity contribution in [3.63, 3.8) is 0 Å². The van der Waals surface area contributed by atoms with Crippen LogP contribution < -0.4 is 27.1 Å². The van der Waals surface area contributed by atoms with E-state index in [0.29, 0.717) is 77.5 Å². The molecule has 1 aliphatic heterocycles. The monoisotopic (exact) mass is 743 g/mol. The van der Waals surface area contributed by atoms with Gasteiger partial charge in [-0.05, 0) is 32.0 Å². The van der Waals surface area contributed by atoms with E-state index < -0.39 is 0 Å². The first kappa shape index (κ1) is 40.5. The molecule has 0 spiro atoms. The lowest BCUT2D eigenvalue weighted by atomic mass is 9.93. The largest absolute Gasteiger partial charge is 0.380 e. The highest BCUT2D eigenvalue weighted by Crippen LogP contribution is 2.28. The third-order valence-corrected chi connectivity index (χ3v) is 9.56. The SMILES string of the molecule is Cc1nc(Nc2ncc(C(=O)Nc3c(C)cccc3Cl)s2)cc(N2CCN(CCOCC(=N)CN(N)CC(C)(C)COCC(C)(C)CN)CC2)n1. The van der Waals surface area contributed by atoms with Crippen LogP contribution in [0.5, 0.6) is 0 Å². The lowest BCUT2D eigenvalue weighted by Gasteiger charge is -2.35. The molecule has 1 aromatic carbocycles. The third-order valence-electron chi connectivity index (χ3n) is 8.34. The number of hydrogen-bond acceptors (Lipinski definition) is 14. The van der Waals surface area contributed by atoms with E-state index in [4.69, 9.17) is 38.1 Å². The summed E-state index contributed by atoms with van der Waals surface area (Å²) in [4.78, 5) is 31.5. The van der Waals surface area contributed by atoms with Crippen LogP contribution in [0.2, 0.25) is 5.02 Å². The first-order chi connectivity index (χ1) is 24.1. The summed E-state index contributed by atoms with van der Waals surface area (Å²) in [5, 5.41) is 17.2. The van der Waals surface area contributed by atoms with E-state index in [-0.39, 0.29) is 23.3 Å². The number of nitrogens with one attached hydrogen (secondary N) is 3. The molecule has 0 unspecified atom stereocenters. The van der Waals surface area contributed by atoms with Gasteiger partial charge in [-0.25, -0.2) is 20.0 Å². The zero-order valence-corrected chi connectivity index (χ0v) is 32.3. The summed E-state index contributed by atoms with van der Waals surface area (Å²) < 4.78 is 11.8. The van der Waals surface area contributed by atoms with Crippen LogP contribution in [-0.2, 0) is 9.47 Å². The molecule has 0 atom stereocenters. The standard InChI is InChI=1S/C35H54ClN11O3S/c1-24-8-7-9-27(36)31(24)44-32(48)28-17-40-33(51-28)43-29-16-30(42-25(2)41-29)46-12-10-45(11-13-46)14-15-49-19-26(38)18-47(39)21-35(5,6)23-50-22-34(3,4)20-37/h7-9,16-17,38H,10-15,18-23,37,39H2,1-6H3,(H,44,48)(H,40,41,42,43). The zero-order valence-electron chi connectivity index (χ0n) is 30.7. The Bertz CT molecular complexity index is 1590. The van der Waals surface area contributed by atoms with Gasteiger partial charge in [-0.2, -0.15) is 0 Å². The normalized spacial score (nSPS) is 14.3. The van der Waals surface area contributed by atoms with Gasteiger partial charge in [0.15, 0.2) is 5.13 Å². The Kier molecular flexibility index (Phi) is 14.7. The number of aryl methyl sites for hydroxylation is 2. The molecular weight excluding hydrogens is 690 g/mol. The van der Waals surface area contributed by atoms with Crippen molar-refractivity contribution in [3.05, 3.63) is 51.7 Å². The van der Waals surface area contributed by atoms with Gasteiger partial charge in [-0.3, -0.25) is 15.5 Å². The number of carbonyl (C=O) groups is 1. The van der Waals surface area contributed by atoms with Gasteiger partial charge >= 0.3 is 0 Å². The topological polar surface area (TPSA) is 184 Å². The minimum absolute atomic E-state index is 0.0552. The highest BCUT2D eigenvalue weighted by molar-refractivity contribution is 7.17. The first-order valence-electron chi connectivity index (χ1n) is 17.2. The number of rotatable bonds is 19. The summed E-state index contributed by atoms with van der Waals surface area (Å²) in [6.45, 7) is 19.7. The second-order valence-corrected chi connectivity index (χ2v) is 16.1. The molecule has 1 fully saturated rings. The van der Waals surface area contributed by atoms with Crippen molar-refractivity contribution in [1.82, 2.24) is 24.9 Å². The Labute approximate surface area is 310 Å². The van der Waals surface area contributed by atoms with Gasteiger partial charge in [0.25, 0.3) is 5.91 Å². The molecule has 0 saturated carbocycles. The van der Waals surface area contributed by atoms with Crippen LogP contribution in [-0.4, -0.2) is 115 Å². The highest BCUT2D eigenvalue weighted by Gasteiger charge is 2.24. The quantitative estimate of drug-likeness (QED) is 0.0500. The van der Waals surface area contributed by atoms with Crippen molar-refractivity contribution in [2.24, 2.45) is 22.4 Å². The number of para-hydroxylation sites is 1. The van der Waals surface area contributed by atoms with Crippen LogP contribution in [0.15, 0.2) is 30.5 Å². The van der Waals surface area contributed by atoms with Crippen LogP contribution in [0.4, 0.5) is 22.5 Å². The highest BCUT2D eigenvalue weighted by atomic mass is 35.5. The molecular formula is C35H54ClN11O3S. The lowest BCUT2D eigenvalue weighted by Crippen LogP contribution is -2.48. The second-order valence-electron chi connectivity index (χ2n) is 14.6. The lowest BCUT2D eigenvalue weighted by molar-refractivity contribution is 0.00598. The molecule has 1 aliphatic rings. The second kappa shape index (κ2) is 18.5. The minimum Gasteiger partial charge on any atom is -0.380 e. The first-order valence-corrected chi connectivity index (χ1v) is 18.4. The van der Waals surface area contributed by atoms with Gasteiger partial charge in [-0.15, -0.1) is 0 Å². The molecule has 3 heterocycles. The van der Waals surface area contributed by atoms with Crippen molar-refractivity contribution < 1.29 is 14.3 Å². The molecule has 7 N–H and O–H groups in total. The Morgan fingerprint density at radius 1 is 1.10 bits per heavy atom. The van der Waals surface area contributed by atoms with Crippen LogP contribution in [0.25, 0.3) is 0 Å². The van der Waals surface area contributed by atoms with Crippen LogP contribution in [0, 0.1) is 30.1 Å². The maximum Gasteiger partial charge on any atom is 0.267 e. The molecule has 0 bridgehead atoms. The van der Waals surface area contributed by atoms with Crippen molar-refractivity contribution in [3.8, 4) is 0 Å². The Morgan fingerprint density at radius 2 is 1.82 bits per heavy atom. The molecule has 14 nitrogen and oxygen atoms in total. The molecule has 280 valence electrons. The fraction of sp³-hybridized carbons (Fsp3) is 0.571. The van der Waals surface area contributed by atoms with Crippen molar-refractivity contribution in [1.29, 1.82) is 5.41 Å². The van der Waals surface area contributed by atoms with Crippen LogP contribution >= 0.6 is 22.9 Å². The number of aromatic nitrogens is 3. The van der Waals surface area contributed by atoms with Crippen molar-refractivity contribution >= 4 is 57.0 Å². The number of benzene rings is 1. The van der Waals surface area contributed by atoms with E-state index in [1.165, 1.54) is 17.5 Å². The molecule has 3 aromatic rings. The third kappa shape index (κ3) is 13.0. The maximum atomic E-state index is 12.9. The molecule has 1 amide bonds. The number of hydrogen-bond donors (Lipinski definition) is 5. The number of halogens is 1. The van der Waals surface area contributed by atoms with Gasteiger partial charge in [0.2, 0.25) is 0 Å². The molecule has 16 heteroatoms. The minimum atomic E-state index is -0.278. The number of ether oxygens (including phenoxy) is 2. The van der Waals surface area contributed by atoms with E-state index in [0.717, 1.165) is 44.1 Å². The number of nitrogens with two attached hydrogens (primary N) is 2. The molecule has 2 aromatic heterocycles. The Balaban J connectivity index is 1.16. The number of amides is 1. The molecule has 4 rings (SSSR count). The summed E-state index contributed by atoms with van der Waals surface area (Å²) in [7, 11) is 0. The van der Waals surface area contributed by atoms with Gasteiger partial charge in [-0.1, -0.05) is 62.8 Å². The summed E-state index contributed by atoms with van der Waals surface area (Å²) in [6, 6.07) is 7.38. The number of carbonyl (C=O) groups excluding carboxylic acids is 1. The molecule has 1 saturated heterocycles. The van der Waals surface area contributed by atoms with E-state index in [2.05, 4.69) is 63.1 Å². The van der Waals surface area contributed by atoms with E-state index >= 15 is 0 Å². The maximum absolute atomic E-state index is 12.9. The Hall–Kier alpha value is -3.28. The molecule has 0 aliphatic carbocycles. The van der Waals surface area contributed by atoms with E-state index in [1.807, 2.05) is 32.0 Å². The average Bonchev–Trinajstić information content (AvgIpc) is 3.53. The number of piperazine rings is 1. The fourth-order valence-electron chi connectivity index (χ4n) is 5.48. The fourth-order valence-corrected chi connectivity index (χ4v) is 6.47. The zero-order chi connectivity index (χ0) is 37.2. The van der Waals surface area contributed by atoms with Gasteiger partial charge < -0.3 is 36.2 Å². The molecule has 0 radical (unpaired) electrons. The number of thiazole rings is 1.